The summed E-state index contributed by atoms with van der Waals surface area (Å²) in [5.74, 6) is -0.820. The smallest absolute Gasteiger partial charge is 0.305 e. The fraction of sp³-hybridized carbons (Fsp3) is 0.429. The van der Waals surface area contributed by atoms with Crippen molar-refractivity contribution in [3.05, 3.63) is 34.3 Å². The van der Waals surface area contributed by atoms with E-state index < -0.39 is 5.97 Å². The van der Waals surface area contributed by atoms with Crippen molar-refractivity contribution in [3.63, 3.8) is 0 Å². The second-order valence-electron chi connectivity index (χ2n) is 4.78. The van der Waals surface area contributed by atoms with E-state index in [1.165, 1.54) is 0 Å². The maximum Gasteiger partial charge on any atom is 0.305 e. The molecule has 0 spiro atoms. The Balaban J connectivity index is 1.98. The summed E-state index contributed by atoms with van der Waals surface area (Å²) in [6.45, 7) is 0.674. The molecule has 102 valence electrons. The number of rotatable bonds is 4. The number of likely N-dealkylation sites (tertiary alicyclic amines) is 1. The van der Waals surface area contributed by atoms with Gasteiger partial charge < -0.3 is 10.0 Å². The quantitative estimate of drug-likeness (QED) is 0.925. The highest BCUT2D eigenvalue weighted by Crippen LogP contribution is 2.21. The zero-order valence-corrected chi connectivity index (χ0v) is 12.1. The molecule has 1 N–H and O–H groups in total. The van der Waals surface area contributed by atoms with Crippen LogP contribution < -0.4 is 0 Å². The van der Waals surface area contributed by atoms with Crippen LogP contribution in [-0.2, 0) is 16.0 Å². The summed E-state index contributed by atoms with van der Waals surface area (Å²) in [6.07, 6.45) is 2.07. The molecule has 4 nitrogen and oxygen atoms in total. The van der Waals surface area contributed by atoms with Crippen LogP contribution >= 0.6 is 15.9 Å². The zero-order valence-electron chi connectivity index (χ0n) is 10.5. The van der Waals surface area contributed by atoms with Crippen LogP contribution in [0.2, 0.25) is 0 Å². The van der Waals surface area contributed by atoms with Gasteiger partial charge in [0.1, 0.15) is 0 Å². The first-order valence-electron chi connectivity index (χ1n) is 6.32. The molecule has 0 saturated carbocycles. The van der Waals surface area contributed by atoms with Crippen molar-refractivity contribution in [2.75, 3.05) is 6.54 Å². The minimum absolute atomic E-state index is 0.0195. The van der Waals surface area contributed by atoms with Gasteiger partial charge >= 0.3 is 5.97 Å². The molecule has 1 aliphatic rings. The second kappa shape index (κ2) is 6.19. The Morgan fingerprint density at radius 2 is 2.00 bits per heavy atom. The van der Waals surface area contributed by atoms with Crippen LogP contribution in [0.25, 0.3) is 0 Å². The van der Waals surface area contributed by atoms with Gasteiger partial charge in [0.05, 0.1) is 12.8 Å². The van der Waals surface area contributed by atoms with Gasteiger partial charge in [-0.15, -0.1) is 0 Å². The molecule has 0 aromatic heterocycles. The van der Waals surface area contributed by atoms with Gasteiger partial charge in [0, 0.05) is 17.1 Å². The van der Waals surface area contributed by atoms with Gasteiger partial charge in [0.15, 0.2) is 0 Å². The summed E-state index contributed by atoms with van der Waals surface area (Å²) in [5, 5.41) is 8.85. The standard InChI is InChI=1S/C14H16BrNO3/c15-11-5-3-10(4-6-11)8-13(17)16-7-1-2-12(16)9-14(18)19/h3-6,12H,1-2,7-9H2,(H,18,19). The highest BCUT2D eigenvalue weighted by Gasteiger charge is 2.30. The van der Waals surface area contributed by atoms with Crippen molar-refractivity contribution in [1.82, 2.24) is 4.90 Å². The van der Waals surface area contributed by atoms with Crippen LogP contribution in [0.15, 0.2) is 28.7 Å². The molecule has 1 saturated heterocycles. The van der Waals surface area contributed by atoms with Gasteiger partial charge in [-0.2, -0.15) is 0 Å². The molecule has 1 amide bonds. The molecule has 5 heteroatoms. The van der Waals surface area contributed by atoms with Crippen LogP contribution in [0.5, 0.6) is 0 Å². The Labute approximate surface area is 120 Å². The number of carboxylic acids is 1. The molecule has 0 aliphatic carbocycles. The normalized spacial score (nSPS) is 18.6. The first-order valence-corrected chi connectivity index (χ1v) is 7.11. The lowest BCUT2D eigenvalue weighted by molar-refractivity contribution is -0.139. The molecule has 1 aromatic rings. The predicted octanol–water partition coefficient (Wildman–Crippen LogP) is 2.46. The molecule has 1 aliphatic heterocycles. The number of halogens is 1. The number of benzene rings is 1. The van der Waals surface area contributed by atoms with E-state index in [9.17, 15) is 9.59 Å². The molecular formula is C14H16BrNO3. The largest absolute Gasteiger partial charge is 0.481 e. The average Bonchev–Trinajstić information content (AvgIpc) is 2.79. The maximum absolute atomic E-state index is 12.2. The third-order valence-corrected chi connectivity index (χ3v) is 3.91. The average molecular weight is 326 g/mol. The van der Waals surface area contributed by atoms with E-state index in [0.717, 1.165) is 22.9 Å². The van der Waals surface area contributed by atoms with Gasteiger partial charge in [-0.05, 0) is 30.5 Å². The topological polar surface area (TPSA) is 57.6 Å². The maximum atomic E-state index is 12.2. The highest BCUT2D eigenvalue weighted by atomic mass is 79.9. The molecule has 0 radical (unpaired) electrons. The number of carbonyl (C=O) groups excluding carboxylic acids is 1. The van der Waals surface area contributed by atoms with E-state index in [1.54, 1.807) is 4.90 Å². The van der Waals surface area contributed by atoms with E-state index in [1.807, 2.05) is 24.3 Å². The number of nitrogens with zero attached hydrogens (tertiary/aromatic N) is 1. The summed E-state index contributed by atoms with van der Waals surface area (Å²) in [6, 6.07) is 7.48. The Morgan fingerprint density at radius 3 is 2.63 bits per heavy atom. The first kappa shape index (κ1) is 14.1. The van der Waals surface area contributed by atoms with E-state index in [-0.39, 0.29) is 18.4 Å². The van der Waals surface area contributed by atoms with E-state index in [2.05, 4.69) is 15.9 Å². The van der Waals surface area contributed by atoms with Gasteiger partial charge in [-0.25, -0.2) is 0 Å². The van der Waals surface area contributed by atoms with E-state index >= 15 is 0 Å². The van der Waals surface area contributed by atoms with Crippen molar-refractivity contribution < 1.29 is 14.7 Å². The summed E-state index contributed by atoms with van der Waals surface area (Å²) in [5.41, 5.74) is 0.953. The lowest BCUT2D eigenvalue weighted by Gasteiger charge is -2.23. The zero-order chi connectivity index (χ0) is 13.8. The number of amides is 1. The Morgan fingerprint density at radius 1 is 1.32 bits per heavy atom. The van der Waals surface area contributed by atoms with Crippen molar-refractivity contribution in [2.24, 2.45) is 0 Å². The number of hydrogen-bond acceptors (Lipinski definition) is 2. The molecule has 1 heterocycles. The lowest BCUT2D eigenvalue weighted by Crippen LogP contribution is -2.37. The van der Waals surface area contributed by atoms with E-state index in [4.69, 9.17) is 5.11 Å². The van der Waals surface area contributed by atoms with Gasteiger partial charge in [0.25, 0.3) is 0 Å². The molecule has 19 heavy (non-hydrogen) atoms. The molecule has 1 unspecified atom stereocenters. The second-order valence-corrected chi connectivity index (χ2v) is 5.70. The third kappa shape index (κ3) is 3.80. The van der Waals surface area contributed by atoms with Crippen molar-refractivity contribution in [3.8, 4) is 0 Å². The number of carboxylic acid groups (broad SMARTS) is 1. The SMILES string of the molecule is O=C(O)CC1CCCN1C(=O)Cc1ccc(Br)cc1. The Hall–Kier alpha value is -1.36. The molecular weight excluding hydrogens is 310 g/mol. The monoisotopic (exact) mass is 325 g/mol. The van der Waals surface area contributed by atoms with Crippen molar-refractivity contribution >= 4 is 27.8 Å². The Kier molecular flexibility index (Phi) is 4.58. The van der Waals surface area contributed by atoms with Crippen molar-refractivity contribution in [2.45, 2.75) is 31.7 Å². The van der Waals surface area contributed by atoms with Gasteiger partial charge in [-0.3, -0.25) is 9.59 Å². The number of aliphatic carboxylic acids is 1. The van der Waals surface area contributed by atoms with Crippen LogP contribution in [0.4, 0.5) is 0 Å². The van der Waals surface area contributed by atoms with Crippen LogP contribution in [-0.4, -0.2) is 34.5 Å². The third-order valence-electron chi connectivity index (χ3n) is 3.38. The molecule has 1 fully saturated rings. The predicted molar refractivity (Wildman–Crippen MR) is 74.8 cm³/mol. The molecule has 0 bridgehead atoms. The fourth-order valence-corrected chi connectivity index (χ4v) is 2.72. The van der Waals surface area contributed by atoms with Crippen LogP contribution in [0.3, 0.4) is 0 Å². The number of hydrogen-bond donors (Lipinski definition) is 1. The molecule has 1 atom stereocenters. The summed E-state index contributed by atoms with van der Waals surface area (Å²) < 4.78 is 0.980. The minimum Gasteiger partial charge on any atom is -0.481 e. The fourth-order valence-electron chi connectivity index (χ4n) is 2.46. The van der Waals surface area contributed by atoms with Crippen LogP contribution in [0, 0.1) is 0 Å². The van der Waals surface area contributed by atoms with Gasteiger partial charge in [0.2, 0.25) is 5.91 Å². The minimum atomic E-state index is -0.839. The summed E-state index contributed by atoms with van der Waals surface area (Å²) >= 11 is 3.35. The Bertz CT molecular complexity index is 472. The number of carbonyl (C=O) groups is 2. The molecule has 1 aromatic carbocycles. The van der Waals surface area contributed by atoms with Gasteiger partial charge in [-0.1, -0.05) is 28.1 Å². The summed E-state index contributed by atoms with van der Waals surface area (Å²) in [7, 11) is 0. The lowest BCUT2D eigenvalue weighted by atomic mass is 10.1. The highest BCUT2D eigenvalue weighted by molar-refractivity contribution is 9.10. The van der Waals surface area contributed by atoms with E-state index in [0.29, 0.717) is 13.0 Å². The first-order chi connectivity index (χ1) is 9.06. The van der Waals surface area contributed by atoms with Crippen LogP contribution in [0.1, 0.15) is 24.8 Å². The molecule has 2 rings (SSSR count). The van der Waals surface area contributed by atoms with Crippen molar-refractivity contribution in [1.29, 1.82) is 0 Å². The summed E-state index contributed by atoms with van der Waals surface area (Å²) in [4.78, 5) is 24.7.